The molecule has 2 aliphatic rings. The molecule has 6 heteroatoms. The van der Waals surface area contributed by atoms with Crippen molar-refractivity contribution >= 4 is 23.1 Å². The van der Waals surface area contributed by atoms with Crippen molar-refractivity contribution in [2.45, 2.75) is 45.2 Å². The third kappa shape index (κ3) is 3.92. The molecule has 0 saturated carbocycles. The van der Waals surface area contributed by atoms with E-state index in [9.17, 15) is 4.79 Å². The Morgan fingerprint density at radius 3 is 2.69 bits per heavy atom. The summed E-state index contributed by atoms with van der Waals surface area (Å²) in [5.74, 6) is 0.788. The monoisotopic (exact) mass is 483 g/mol. The van der Waals surface area contributed by atoms with E-state index in [0.717, 1.165) is 35.5 Å². The lowest BCUT2D eigenvalue weighted by atomic mass is 9.95. The predicted octanol–water partition coefficient (Wildman–Crippen LogP) is 6.87. The van der Waals surface area contributed by atoms with Gasteiger partial charge in [-0.3, -0.25) is 0 Å². The van der Waals surface area contributed by atoms with Crippen molar-refractivity contribution in [3.8, 4) is 10.8 Å². The summed E-state index contributed by atoms with van der Waals surface area (Å²) in [6.07, 6.45) is 6.83. The van der Waals surface area contributed by atoms with Crippen LogP contribution >= 0.6 is 11.3 Å². The van der Waals surface area contributed by atoms with Crippen LogP contribution < -0.4 is 10.1 Å². The number of aromatic nitrogens is 1. The summed E-state index contributed by atoms with van der Waals surface area (Å²) < 4.78 is 7.85. The third-order valence-electron chi connectivity index (χ3n) is 7.15. The molecule has 2 aromatic heterocycles. The fourth-order valence-corrected chi connectivity index (χ4v) is 6.79. The average molecular weight is 484 g/mol. The number of fused-ring (bicyclic) bond motifs is 5. The molecule has 3 heterocycles. The van der Waals surface area contributed by atoms with Gasteiger partial charge in [0.25, 0.3) is 0 Å². The van der Waals surface area contributed by atoms with E-state index in [1.165, 1.54) is 39.4 Å². The number of urea groups is 1. The number of amides is 2. The van der Waals surface area contributed by atoms with Gasteiger partial charge in [-0.15, -0.1) is 11.3 Å². The van der Waals surface area contributed by atoms with Gasteiger partial charge in [0, 0.05) is 22.3 Å². The van der Waals surface area contributed by atoms with Gasteiger partial charge in [-0.25, -0.2) is 4.79 Å². The van der Waals surface area contributed by atoms with Crippen molar-refractivity contribution in [2.75, 3.05) is 12.4 Å². The lowest BCUT2D eigenvalue weighted by Gasteiger charge is -2.31. The summed E-state index contributed by atoms with van der Waals surface area (Å²) in [7, 11) is 1.68. The summed E-state index contributed by atoms with van der Waals surface area (Å²) in [6.45, 7) is 2.62. The Hall–Kier alpha value is -3.51. The molecule has 1 atom stereocenters. The Labute approximate surface area is 210 Å². The molecule has 6 rings (SSSR count). The van der Waals surface area contributed by atoms with Gasteiger partial charge in [0.2, 0.25) is 0 Å². The number of rotatable bonds is 3. The fraction of sp³-hybridized carbons (Fsp3) is 0.276. The van der Waals surface area contributed by atoms with E-state index in [0.29, 0.717) is 6.54 Å². The number of thiophene rings is 1. The number of carbonyl (C=O) groups excluding carboxylic acids is 1. The molecule has 0 radical (unpaired) electrons. The van der Waals surface area contributed by atoms with Gasteiger partial charge < -0.3 is 19.5 Å². The second-order valence-electron chi connectivity index (χ2n) is 9.40. The molecule has 1 N–H and O–H groups in total. The summed E-state index contributed by atoms with van der Waals surface area (Å²) >= 11 is 1.90. The average Bonchev–Trinajstić information content (AvgIpc) is 3.47. The third-order valence-corrected chi connectivity index (χ3v) is 8.49. The van der Waals surface area contributed by atoms with Gasteiger partial charge in [-0.05, 0) is 80.1 Å². The van der Waals surface area contributed by atoms with Crippen LogP contribution in [0.25, 0.3) is 5.00 Å². The van der Waals surface area contributed by atoms with Crippen LogP contribution in [0.4, 0.5) is 10.5 Å². The highest BCUT2D eigenvalue weighted by molar-refractivity contribution is 7.15. The molecule has 5 nitrogen and oxygen atoms in total. The Balaban J connectivity index is 1.50. The molecule has 0 fully saturated rings. The number of carbonyl (C=O) groups is 1. The molecule has 0 spiro atoms. The smallest absolute Gasteiger partial charge is 0.322 e. The van der Waals surface area contributed by atoms with Crippen molar-refractivity contribution in [1.82, 2.24) is 9.47 Å². The summed E-state index contributed by atoms with van der Waals surface area (Å²) in [4.78, 5) is 17.4. The van der Waals surface area contributed by atoms with Crippen LogP contribution in [0, 0.1) is 6.92 Å². The Morgan fingerprint density at radius 2 is 1.86 bits per heavy atom. The zero-order chi connectivity index (χ0) is 23.9. The van der Waals surface area contributed by atoms with Crippen molar-refractivity contribution < 1.29 is 9.53 Å². The molecule has 0 unspecified atom stereocenters. The minimum absolute atomic E-state index is 0.0990. The maximum atomic E-state index is 14.0. The number of benzene rings is 2. The number of aryl methyl sites for hydroxylation is 2. The second kappa shape index (κ2) is 8.93. The standard InChI is InChI=1S/C29H29N3O2S/c1-19-12-14-21(15-13-19)30-29(33)32-18-24-23-9-3-4-11-26(23)35-28(24)31-16-6-10-25(31)27(32)20-7-5-8-22(17-20)34-2/h5-8,10,12-17,27H,3-4,9,11,18H2,1-2H3,(H,30,33)/t27-/m0/s1. The number of ether oxygens (including phenoxy) is 1. The van der Waals surface area contributed by atoms with E-state index in [4.69, 9.17) is 4.74 Å². The topological polar surface area (TPSA) is 46.5 Å². The van der Waals surface area contributed by atoms with Gasteiger partial charge in [0.1, 0.15) is 10.8 Å². The number of nitrogens with zero attached hydrogens (tertiary/aromatic N) is 2. The van der Waals surface area contributed by atoms with Crippen LogP contribution in [-0.4, -0.2) is 22.6 Å². The van der Waals surface area contributed by atoms with Crippen molar-refractivity contribution in [3.63, 3.8) is 0 Å². The number of nitrogens with one attached hydrogen (secondary N) is 1. The van der Waals surface area contributed by atoms with E-state index in [2.05, 4.69) is 41.2 Å². The highest BCUT2D eigenvalue weighted by Gasteiger charge is 2.36. The van der Waals surface area contributed by atoms with Gasteiger partial charge >= 0.3 is 6.03 Å². The molecule has 178 valence electrons. The van der Waals surface area contributed by atoms with Gasteiger partial charge in [0.15, 0.2) is 0 Å². The van der Waals surface area contributed by atoms with E-state index in [1.807, 2.05) is 58.7 Å². The van der Waals surface area contributed by atoms with Crippen molar-refractivity contribution in [2.24, 2.45) is 0 Å². The van der Waals surface area contributed by atoms with Crippen LogP contribution in [0.1, 0.15) is 51.7 Å². The molecule has 2 aromatic carbocycles. The Kier molecular flexibility index (Phi) is 5.61. The van der Waals surface area contributed by atoms with Gasteiger partial charge in [-0.2, -0.15) is 0 Å². The number of hydrogen-bond acceptors (Lipinski definition) is 3. The number of hydrogen-bond donors (Lipinski definition) is 1. The van der Waals surface area contributed by atoms with Crippen LogP contribution in [0.2, 0.25) is 0 Å². The molecular weight excluding hydrogens is 454 g/mol. The zero-order valence-corrected chi connectivity index (χ0v) is 20.9. The highest BCUT2D eigenvalue weighted by Crippen LogP contribution is 2.44. The Bertz CT molecular complexity index is 1390. The van der Waals surface area contributed by atoms with Crippen molar-refractivity contribution in [1.29, 1.82) is 0 Å². The van der Waals surface area contributed by atoms with E-state index in [-0.39, 0.29) is 12.1 Å². The van der Waals surface area contributed by atoms with Crippen LogP contribution in [0.3, 0.4) is 0 Å². The zero-order valence-electron chi connectivity index (χ0n) is 20.1. The molecule has 1 aliphatic carbocycles. The normalized spacial score (nSPS) is 16.6. The van der Waals surface area contributed by atoms with E-state index in [1.54, 1.807) is 7.11 Å². The largest absolute Gasteiger partial charge is 0.497 e. The molecular formula is C29H29N3O2S. The predicted molar refractivity (Wildman–Crippen MR) is 141 cm³/mol. The molecule has 0 saturated heterocycles. The number of methoxy groups -OCH3 is 1. The maximum Gasteiger partial charge on any atom is 0.322 e. The van der Waals surface area contributed by atoms with Crippen LogP contribution in [0.15, 0.2) is 66.9 Å². The first-order valence-electron chi connectivity index (χ1n) is 12.2. The van der Waals surface area contributed by atoms with Crippen LogP contribution in [-0.2, 0) is 19.4 Å². The van der Waals surface area contributed by atoms with Gasteiger partial charge in [-0.1, -0.05) is 29.8 Å². The molecule has 35 heavy (non-hydrogen) atoms. The lowest BCUT2D eigenvalue weighted by Crippen LogP contribution is -2.38. The van der Waals surface area contributed by atoms with E-state index >= 15 is 0 Å². The minimum Gasteiger partial charge on any atom is -0.497 e. The lowest BCUT2D eigenvalue weighted by molar-refractivity contribution is 0.194. The fourth-order valence-electron chi connectivity index (χ4n) is 5.38. The van der Waals surface area contributed by atoms with Crippen molar-refractivity contribution in [3.05, 3.63) is 99.7 Å². The summed E-state index contributed by atoms with van der Waals surface area (Å²) in [6, 6.07) is 19.9. The minimum atomic E-state index is -0.246. The molecule has 1 aliphatic heterocycles. The molecule has 2 amide bonds. The first kappa shape index (κ1) is 22.0. The van der Waals surface area contributed by atoms with E-state index < -0.39 is 0 Å². The molecule has 0 bridgehead atoms. The quantitative estimate of drug-likeness (QED) is 0.346. The van der Waals surface area contributed by atoms with Gasteiger partial charge in [0.05, 0.1) is 25.4 Å². The maximum absolute atomic E-state index is 14.0. The Morgan fingerprint density at radius 1 is 1.03 bits per heavy atom. The SMILES string of the molecule is COc1cccc([C@H]2c3cccn3-c3sc4c(c3CN2C(=O)Nc2ccc(C)cc2)CCCC4)c1. The second-order valence-corrected chi connectivity index (χ2v) is 10.5. The van der Waals surface area contributed by atoms with Crippen LogP contribution in [0.5, 0.6) is 5.75 Å². The molecule has 4 aromatic rings. The summed E-state index contributed by atoms with van der Waals surface area (Å²) in [5, 5.41) is 4.43. The first-order valence-corrected chi connectivity index (χ1v) is 13.0. The summed E-state index contributed by atoms with van der Waals surface area (Å²) in [5.41, 5.74) is 6.85. The highest BCUT2D eigenvalue weighted by atomic mass is 32.1. The number of anilines is 1. The first-order chi connectivity index (χ1) is 17.1.